The van der Waals surface area contributed by atoms with Crippen LogP contribution >= 0.6 is 0 Å². The summed E-state index contributed by atoms with van der Waals surface area (Å²) in [5.41, 5.74) is 4.87. The SMILES string of the molecule is CC(C)CC(=O)Nc1cc(-c2c(-c3ccc(F)cc3)nn3c2CCC3)ccn1. The Balaban J connectivity index is 1.74. The van der Waals surface area contributed by atoms with Gasteiger partial charge < -0.3 is 5.32 Å². The minimum absolute atomic E-state index is 0.0429. The van der Waals surface area contributed by atoms with Crippen molar-refractivity contribution < 1.29 is 9.18 Å². The molecular weight excluding hydrogens is 355 g/mol. The lowest BCUT2D eigenvalue weighted by molar-refractivity contribution is -0.116. The van der Waals surface area contributed by atoms with E-state index in [1.807, 2.05) is 30.7 Å². The zero-order valence-electron chi connectivity index (χ0n) is 16.1. The van der Waals surface area contributed by atoms with Crippen LogP contribution in [0.25, 0.3) is 22.4 Å². The van der Waals surface area contributed by atoms with Crippen molar-refractivity contribution in [2.24, 2.45) is 5.92 Å². The topological polar surface area (TPSA) is 59.8 Å². The number of aryl methyl sites for hydroxylation is 1. The van der Waals surface area contributed by atoms with Crippen molar-refractivity contribution in [2.75, 3.05) is 5.32 Å². The Morgan fingerprint density at radius 2 is 2.00 bits per heavy atom. The number of benzene rings is 1. The average molecular weight is 378 g/mol. The molecule has 1 amide bonds. The van der Waals surface area contributed by atoms with Gasteiger partial charge in [-0.3, -0.25) is 9.48 Å². The molecule has 2 aromatic heterocycles. The molecule has 3 heterocycles. The Morgan fingerprint density at radius 3 is 2.75 bits per heavy atom. The fourth-order valence-electron chi connectivity index (χ4n) is 3.66. The van der Waals surface area contributed by atoms with E-state index in [-0.39, 0.29) is 17.6 Å². The molecule has 0 radical (unpaired) electrons. The van der Waals surface area contributed by atoms with Crippen molar-refractivity contribution in [3.05, 3.63) is 54.1 Å². The predicted octanol–water partition coefficient (Wildman–Crippen LogP) is 4.68. The van der Waals surface area contributed by atoms with Crippen LogP contribution in [0.4, 0.5) is 10.2 Å². The molecule has 1 N–H and O–H groups in total. The molecule has 0 bridgehead atoms. The second kappa shape index (κ2) is 7.54. The highest BCUT2D eigenvalue weighted by Crippen LogP contribution is 2.38. The number of amides is 1. The molecule has 0 spiro atoms. The molecule has 0 unspecified atom stereocenters. The molecule has 144 valence electrons. The number of nitrogens with zero attached hydrogens (tertiary/aromatic N) is 3. The Hall–Kier alpha value is -3.02. The predicted molar refractivity (Wildman–Crippen MR) is 107 cm³/mol. The normalized spacial score (nSPS) is 13.0. The number of halogens is 1. The van der Waals surface area contributed by atoms with E-state index < -0.39 is 0 Å². The van der Waals surface area contributed by atoms with E-state index in [0.29, 0.717) is 12.2 Å². The van der Waals surface area contributed by atoms with Crippen molar-refractivity contribution in [1.82, 2.24) is 14.8 Å². The first-order valence-electron chi connectivity index (χ1n) is 9.63. The van der Waals surface area contributed by atoms with Gasteiger partial charge in [-0.15, -0.1) is 0 Å². The fourth-order valence-corrected chi connectivity index (χ4v) is 3.66. The summed E-state index contributed by atoms with van der Waals surface area (Å²) < 4.78 is 15.4. The molecule has 28 heavy (non-hydrogen) atoms. The van der Waals surface area contributed by atoms with Gasteiger partial charge in [0.05, 0.1) is 0 Å². The number of carbonyl (C=O) groups excluding carboxylic acids is 1. The zero-order chi connectivity index (χ0) is 19.7. The van der Waals surface area contributed by atoms with E-state index in [9.17, 15) is 9.18 Å². The Bertz CT molecular complexity index is 1010. The minimum atomic E-state index is -0.267. The number of hydrogen-bond donors (Lipinski definition) is 1. The fraction of sp³-hybridized carbons (Fsp3) is 0.318. The molecule has 0 atom stereocenters. The third-order valence-corrected chi connectivity index (χ3v) is 4.87. The van der Waals surface area contributed by atoms with Crippen molar-refractivity contribution in [3.63, 3.8) is 0 Å². The molecule has 5 nitrogen and oxygen atoms in total. The van der Waals surface area contributed by atoms with Crippen LogP contribution in [-0.4, -0.2) is 20.7 Å². The van der Waals surface area contributed by atoms with Crippen molar-refractivity contribution >= 4 is 11.7 Å². The van der Waals surface area contributed by atoms with Gasteiger partial charge in [-0.25, -0.2) is 9.37 Å². The molecule has 0 fully saturated rings. The van der Waals surface area contributed by atoms with Crippen LogP contribution in [0.3, 0.4) is 0 Å². The summed E-state index contributed by atoms with van der Waals surface area (Å²) in [5, 5.41) is 7.67. The highest BCUT2D eigenvalue weighted by molar-refractivity contribution is 5.91. The Morgan fingerprint density at radius 1 is 1.21 bits per heavy atom. The lowest BCUT2D eigenvalue weighted by atomic mass is 9.98. The summed E-state index contributed by atoms with van der Waals surface area (Å²) in [7, 11) is 0. The molecule has 1 aliphatic rings. The van der Waals surface area contributed by atoms with E-state index in [0.717, 1.165) is 41.8 Å². The number of hydrogen-bond acceptors (Lipinski definition) is 3. The van der Waals surface area contributed by atoms with Gasteiger partial charge in [0.15, 0.2) is 0 Å². The second-order valence-corrected chi connectivity index (χ2v) is 7.58. The van der Waals surface area contributed by atoms with E-state index in [1.54, 1.807) is 18.3 Å². The molecule has 1 aliphatic heterocycles. The van der Waals surface area contributed by atoms with E-state index in [2.05, 4.69) is 10.3 Å². The van der Waals surface area contributed by atoms with E-state index in [1.165, 1.54) is 17.8 Å². The van der Waals surface area contributed by atoms with Gasteiger partial charge in [0.25, 0.3) is 0 Å². The number of pyridine rings is 1. The first-order chi connectivity index (χ1) is 13.5. The molecule has 0 saturated heterocycles. The minimum Gasteiger partial charge on any atom is -0.311 e. The zero-order valence-corrected chi connectivity index (χ0v) is 16.1. The van der Waals surface area contributed by atoms with Crippen LogP contribution in [0.1, 0.15) is 32.4 Å². The number of rotatable bonds is 5. The van der Waals surface area contributed by atoms with Crippen LogP contribution in [0, 0.1) is 11.7 Å². The first kappa shape index (κ1) is 18.3. The first-order valence-corrected chi connectivity index (χ1v) is 9.63. The summed E-state index contributed by atoms with van der Waals surface area (Å²) in [6, 6.07) is 10.2. The number of anilines is 1. The molecule has 0 aliphatic carbocycles. The monoisotopic (exact) mass is 378 g/mol. The van der Waals surface area contributed by atoms with Crippen molar-refractivity contribution in [3.8, 4) is 22.4 Å². The van der Waals surface area contributed by atoms with Crippen LogP contribution in [0.15, 0.2) is 42.6 Å². The summed E-state index contributed by atoms with van der Waals surface area (Å²) in [6.07, 6.45) is 4.16. The molecule has 6 heteroatoms. The van der Waals surface area contributed by atoms with Crippen molar-refractivity contribution in [2.45, 2.75) is 39.7 Å². The highest BCUT2D eigenvalue weighted by Gasteiger charge is 2.24. The third-order valence-electron chi connectivity index (χ3n) is 4.87. The molecule has 3 aromatic rings. The molecule has 0 saturated carbocycles. The number of aromatic nitrogens is 3. The maximum absolute atomic E-state index is 13.4. The van der Waals surface area contributed by atoms with Gasteiger partial charge in [0.2, 0.25) is 5.91 Å². The molecular formula is C22H23FN4O. The lowest BCUT2D eigenvalue weighted by Crippen LogP contribution is -2.14. The highest BCUT2D eigenvalue weighted by atomic mass is 19.1. The number of carbonyl (C=O) groups is 1. The van der Waals surface area contributed by atoms with Gasteiger partial charge in [0.1, 0.15) is 17.3 Å². The number of nitrogens with one attached hydrogen (secondary N) is 1. The Labute approximate surface area is 163 Å². The van der Waals surface area contributed by atoms with Gasteiger partial charge >= 0.3 is 0 Å². The maximum atomic E-state index is 13.4. The van der Waals surface area contributed by atoms with Crippen LogP contribution in [0.5, 0.6) is 0 Å². The quantitative estimate of drug-likeness (QED) is 0.701. The van der Waals surface area contributed by atoms with Gasteiger partial charge in [0, 0.05) is 36.0 Å². The largest absolute Gasteiger partial charge is 0.311 e. The summed E-state index contributed by atoms with van der Waals surface area (Å²) >= 11 is 0. The second-order valence-electron chi connectivity index (χ2n) is 7.58. The average Bonchev–Trinajstić information content (AvgIpc) is 3.22. The summed E-state index contributed by atoms with van der Waals surface area (Å²) in [6.45, 7) is 4.90. The molecule has 1 aromatic carbocycles. The molecule has 4 rings (SSSR count). The smallest absolute Gasteiger partial charge is 0.225 e. The van der Waals surface area contributed by atoms with Crippen LogP contribution < -0.4 is 5.32 Å². The van der Waals surface area contributed by atoms with Gasteiger partial charge in [-0.05, 0) is 60.7 Å². The van der Waals surface area contributed by atoms with Crippen LogP contribution in [-0.2, 0) is 17.8 Å². The van der Waals surface area contributed by atoms with Crippen LogP contribution in [0.2, 0.25) is 0 Å². The Kier molecular flexibility index (Phi) is 4.94. The summed E-state index contributed by atoms with van der Waals surface area (Å²) in [4.78, 5) is 16.4. The lowest BCUT2D eigenvalue weighted by Gasteiger charge is -2.09. The standard InChI is InChI=1S/C22H23FN4O/c1-14(2)12-20(28)25-19-13-16(9-10-24-19)21-18-4-3-11-27(18)26-22(21)15-5-7-17(23)8-6-15/h5-10,13-14H,3-4,11-12H2,1-2H3,(H,24,25,28). The number of fused-ring (bicyclic) bond motifs is 1. The third kappa shape index (κ3) is 3.67. The van der Waals surface area contributed by atoms with Gasteiger partial charge in [-0.1, -0.05) is 13.8 Å². The van der Waals surface area contributed by atoms with E-state index in [4.69, 9.17) is 5.10 Å². The summed E-state index contributed by atoms with van der Waals surface area (Å²) in [5.74, 6) is 0.508. The van der Waals surface area contributed by atoms with Crippen molar-refractivity contribution in [1.29, 1.82) is 0 Å². The maximum Gasteiger partial charge on any atom is 0.225 e. The van der Waals surface area contributed by atoms with E-state index >= 15 is 0 Å². The van der Waals surface area contributed by atoms with Gasteiger partial charge in [-0.2, -0.15) is 5.10 Å².